The van der Waals surface area contributed by atoms with Crippen LogP contribution in [0.2, 0.25) is 0 Å². The maximum Gasteiger partial charge on any atom is 0.164 e. The number of hydrogen-bond acceptors (Lipinski definition) is 3. The average molecular weight is 231 g/mol. The van der Waals surface area contributed by atoms with Crippen LogP contribution >= 0.6 is 11.3 Å². The number of unbranched alkanes of at least 4 members (excludes halogenated alkanes) is 1. The van der Waals surface area contributed by atoms with E-state index in [1.807, 2.05) is 23.6 Å². The number of pyridine rings is 1. The fourth-order valence-corrected chi connectivity index (χ4v) is 2.33. The minimum absolute atomic E-state index is 0.171. The van der Waals surface area contributed by atoms with Crippen LogP contribution in [-0.4, -0.2) is 10.8 Å². The summed E-state index contributed by atoms with van der Waals surface area (Å²) in [7, 11) is 0. The van der Waals surface area contributed by atoms with Crippen molar-refractivity contribution in [1.29, 1.82) is 0 Å². The second kappa shape index (κ2) is 5.03. The maximum atomic E-state index is 11.8. The maximum absolute atomic E-state index is 11.8. The van der Waals surface area contributed by atoms with Crippen molar-refractivity contribution >= 4 is 27.3 Å². The van der Waals surface area contributed by atoms with Gasteiger partial charge in [-0.15, -0.1) is 17.9 Å². The van der Waals surface area contributed by atoms with E-state index in [1.165, 1.54) is 0 Å². The Labute approximate surface area is 98.6 Å². The summed E-state index contributed by atoms with van der Waals surface area (Å²) in [6.07, 6.45) is 5.84. The van der Waals surface area contributed by atoms with Crippen molar-refractivity contribution in [2.45, 2.75) is 19.3 Å². The molecule has 2 nitrogen and oxygen atoms in total. The number of nitrogens with zero attached hydrogens (tertiary/aromatic N) is 1. The Balaban J connectivity index is 2.12. The molecule has 0 aliphatic rings. The average Bonchev–Trinajstić information content (AvgIpc) is 2.76. The molecule has 2 aromatic rings. The number of ketones is 1. The summed E-state index contributed by atoms with van der Waals surface area (Å²) in [5.41, 5.74) is 1.69. The normalized spacial score (nSPS) is 10.5. The molecule has 0 fully saturated rings. The molecule has 82 valence electrons. The first-order valence-electron chi connectivity index (χ1n) is 5.28. The molecule has 0 saturated carbocycles. The number of carbonyl (C=O) groups excluding carboxylic acids is 1. The van der Waals surface area contributed by atoms with Crippen LogP contribution in [0.15, 0.2) is 36.4 Å². The van der Waals surface area contributed by atoms with Gasteiger partial charge in [0.25, 0.3) is 0 Å². The SMILES string of the molecule is C=CCCCC(=O)c1cnc2ccsc2c1. The molecule has 0 unspecified atom stereocenters. The van der Waals surface area contributed by atoms with Gasteiger partial charge in [-0.05, 0) is 30.4 Å². The Bertz CT molecular complexity index is 515. The van der Waals surface area contributed by atoms with Crippen LogP contribution in [0.5, 0.6) is 0 Å². The molecule has 0 bridgehead atoms. The van der Waals surface area contributed by atoms with E-state index in [0.717, 1.165) is 28.6 Å². The number of fused-ring (bicyclic) bond motifs is 1. The Morgan fingerprint density at radius 2 is 2.44 bits per heavy atom. The van der Waals surface area contributed by atoms with Crippen molar-refractivity contribution in [1.82, 2.24) is 4.98 Å². The summed E-state index contributed by atoms with van der Waals surface area (Å²) in [6, 6.07) is 3.90. The van der Waals surface area contributed by atoms with Gasteiger partial charge in [0, 0.05) is 18.2 Å². The highest BCUT2D eigenvalue weighted by Gasteiger charge is 2.07. The van der Waals surface area contributed by atoms with Crippen molar-refractivity contribution in [3.05, 3.63) is 41.9 Å². The van der Waals surface area contributed by atoms with Gasteiger partial charge in [-0.1, -0.05) is 6.08 Å². The molecule has 0 atom stereocenters. The van der Waals surface area contributed by atoms with Gasteiger partial charge in [-0.3, -0.25) is 9.78 Å². The molecule has 0 N–H and O–H groups in total. The van der Waals surface area contributed by atoms with Crippen LogP contribution < -0.4 is 0 Å². The summed E-state index contributed by atoms with van der Waals surface area (Å²) in [4.78, 5) is 16.1. The van der Waals surface area contributed by atoms with Crippen LogP contribution in [0, 0.1) is 0 Å². The summed E-state index contributed by atoms with van der Waals surface area (Å²) in [5.74, 6) is 0.171. The van der Waals surface area contributed by atoms with Crippen molar-refractivity contribution < 1.29 is 4.79 Å². The lowest BCUT2D eigenvalue weighted by Crippen LogP contribution is -1.99. The molecule has 16 heavy (non-hydrogen) atoms. The number of Topliss-reactive ketones (excluding diaryl/α,β-unsaturated/α-hetero) is 1. The standard InChI is InChI=1S/C13H13NOS/c1-2-3-4-5-12(15)10-8-13-11(14-9-10)6-7-16-13/h2,6-9H,1,3-5H2. The van der Waals surface area contributed by atoms with Gasteiger partial charge >= 0.3 is 0 Å². The quantitative estimate of drug-likeness (QED) is 0.444. The first-order valence-corrected chi connectivity index (χ1v) is 6.16. The van der Waals surface area contributed by atoms with E-state index in [4.69, 9.17) is 0 Å². The second-order valence-corrected chi connectivity index (χ2v) is 4.58. The molecule has 0 saturated heterocycles. The second-order valence-electron chi connectivity index (χ2n) is 3.63. The van der Waals surface area contributed by atoms with Crippen molar-refractivity contribution in [3.8, 4) is 0 Å². The number of thiophene rings is 1. The molecule has 0 aliphatic heterocycles. The molecular weight excluding hydrogens is 218 g/mol. The van der Waals surface area contributed by atoms with E-state index in [1.54, 1.807) is 17.5 Å². The van der Waals surface area contributed by atoms with Crippen LogP contribution in [0.25, 0.3) is 10.2 Å². The number of carbonyl (C=O) groups is 1. The number of hydrogen-bond donors (Lipinski definition) is 0. The largest absolute Gasteiger partial charge is 0.294 e. The lowest BCUT2D eigenvalue weighted by Gasteiger charge is -1.99. The number of rotatable bonds is 5. The van der Waals surface area contributed by atoms with Crippen LogP contribution in [0.3, 0.4) is 0 Å². The molecule has 2 aromatic heterocycles. The molecule has 0 aliphatic carbocycles. The van der Waals surface area contributed by atoms with E-state index < -0.39 is 0 Å². The Morgan fingerprint density at radius 3 is 3.25 bits per heavy atom. The van der Waals surface area contributed by atoms with Gasteiger partial charge in [0.1, 0.15) is 0 Å². The highest BCUT2D eigenvalue weighted by Crippen LogP contribution is 2.20. The number of aromatic nitrogens is 1. The zero-order valence-electron chi connectivity index (χ0n) is 8.98. The van der Waals surface area contributed by atoms with Gasteiger partial charge in [-0.2, -0.15) is 0 Å². The van der Waals surface area contributed by atoms with E-state index >= 15 is 0 Å². The zero-order valence-corrected chi connectivity index (χ0v) is 9.80. The first kappa shape index (κ1) is 11.0. The van der Waals surface area contributed by atoms with Crippen LogP contribution in [0.1, 0.15) is 29.6 Å². The fraction of sp³-hybridized carbons (Fsp3) is 0.231. The highest BCUT2D eigenvalue weighted by molar-refractivity contribution is 7.17. The van der Waals surface area contributed by atoms with Gasteiger partial charge < -0.3 is 0 Å². The molecule has 0 spiro atoms. The fourth-order valence-electron chi connectivity index (χ4n) is 1.55. The van der Waals surface area contributed by atoms with Crippen LogP contribution in [-0.2, 0) is 0 Å². The zero-order chi connectivity index (χ0) is 11.4. The predicted molar refractivity (Wildman–Crippen MR) is 68.0 cm³/mol. The Morgan fingerprint density at radius 1 is 1.56 bits per heavy atom. The van der Waals surface area contributed by atoms with E-state index in [9.17, 15) is 4.79 Å². The lowest BCUT2D eigenvalue weighted by molar-refractivity contribution is 0.0980. The highest BCUT2D eigenvalue weighted by atomic mass is 32.1. The third kappa shape index (κ3) is 2.36. The lowest BCUT2D eigenvalue weighted by atomic mass is 10.1. The topological polar surface area (TPSA) is 30.0 Å². The third-order valence-electron chi connectivity index (χ3n) is 2.44. The van der Waals surface area contributed by atoms with Crippen molar-refractivity contribution in [3.63, 3.8) is 0 Å². The van der Waals surface area contributed by atoms with Crippen molar-refractivity contribution in [2.24, 2.45) is 0 Å². The molecular formula is C13H13NOS. The van der Waals surface area contributed by atoms with Gasteiger partial charge in [-0.25, -0.2) is 0 Å². The van der Waals surface area contributed by atoms with E-state index in [2.05, 4.69) is 11.6 Å². The smallest absolute Gasteiger partial charge is 0.164 e. The van der Waals surface area contributed by atoms with Crippen LogP contribution in [0.4, 0.5) is 0 Å². The minimum Gasteiger partial charge on any atom is -0.294 e. The summed E-state index contributed by atoms with van der Waals surface area (Å²) in [5, 5.41) is 1.99. The number of allylic oxidation sites excluding steroid dienone is 1. The summed E-state index contributed by atoms with van der Waals surface area (Å²) >= 11 is 1.62. The van der Waals surface area contributed by atoms with E-state index in [-0.39, 0.29) is 5.78 Å². The predicted octanol–water partition coefficient (Wildman–Crippen LogP) is 3.84. The first-order chi connectivity index (χ1) is 7.81. The molecule has 0 aromatic carbocycles. The third-order valence-corrected chi connectivity index (χ3v) is 3.29. The summed E-state index contributed by atoms with van der Waals surface area (Å²) < 4.78 is 1.08. The van der Waals surface area contributed by atoms with Gasteiger partial charge in [0.05, 0.1) is 10.2 Å². The summed E-state index contributed by atoms with van der Waals surface area (Å²) in [6.45, 7) is 3.64. The minimum atomic E-state index is 0.171. The Hall–Kier alpha value is -1.48. The molecule has 3 heteroatoms. The van der Waals surface area contributed by atoms with Crippen molar-refractivity contribution in [2.75, 3.05) is 0 Å². The monoisotopic (exact) mass is 231 g/mol. The molecule has 2 heterocycles. The molecule has 0 radical (unpaired) electrons. The molecule has 0 amide bonds. The van der Waals surface area contributed by atoms with Gasteiger partial charge in [0.2, 0.25) is 0 Å². The Kier molecular flexibility index (Phi) is 3.47. The van der Waals surface area contributed by atoms with Gasteiger partial charge in [0.15, 0.2) is 5.78 Å². The molecule has 2 rings (SSSR count). The van der Waals surface area contributed by atoms with E-state index in [0.29, 0.717) is 6.42 Å².